The fourth-order valence-corrected chi connectivity index (χ4v) is 5.22. The second kappa shape index (κ2) is 7.85. The Morgan fingerprint density at radius 2 is 1.71 bits per heavy atom. The van der Waals surface area contributed by atoms with Crippen LogP contribution in [-0.2, 0) is 4.74 Å². The zero-order chi connectivity index (χ0) is 23.3. The largest absolute Gasteiger partial charge is 0.478 e. The van der Waals surface area contributed by atoms with Gasteiger partial charge in [0.1, 0.15) is 5.82 Å². The van der Waals surface area contributed by atoms with Crippen molar-refractivity contribution < 1.29 is 19.0 Å². The Kier molecular flexibility index (Phi) is 4.77. The first-order valence-corrected chi connectivity index (χ1v) is 11.3. The molecule has 1 spiro atoms. The lowest BCUT2D eigenvalue weighted by molar-refractivity contribution is 0.0551. The summed E-state index contributed by atoms with van der Waals surface area (Å²) in [5, 5.41) is 17.6. The standard InChI is InChI=1S/C26H23FN4O3/c27-19-3-7-21(8-4-19)31-24-13-18-15-28-29-22(18)14-23(24)30(16-26(31)9-11-34-12-10-26)20-5-1-17(2-6-20)25(32)33/h1-8,13-15H,9-12,16H2,(H,28,29)(H,32,33). The third kappa shape index (κ3) is 3.30. The van der Waals surface area contributed by atoms with E-state index in [4.69, 9.17) is 4.74 Å². The summed E-state index contributed by atoms with van der Waals surface area (Å²) in [6, 6.07) is 17.8. The fraction of sp³-hybridized carbons (Fsp3) is 0.231. The number of aromatic nitrogens is 2. The molecule has 0 amide bonds. The number of anilines is 4. The highest BCUT2D eigenvalue weighted by atomic mass is 19.1. The molecule has 3 heterocycles. The number of nitrogens with zero attached hydrogens (tertiary/aromatic N) is 3. The summed E-state index contributed by atoms with van der Waals surface area (Å²) < 4.78 is 19.6. The fourth-order valence-electron chi connectivity index (χ4n) is 5.22. The SMILES string of the molecule is O=C(O)c1ccc(N2CC3(CCOCC3)N(c3ccc(F)cc3)c3cc4cn[nH]c4cc32)cc1. The van der Waals surface area contributed by atoms with E-state index in [9.17, 15) is 14.3 Å². The Bertz CT molecular complexity index is 1360. The summed E-state index contributed by atoms with van der Waals surface area (Å²) in [6.07, 6.45) is 3.41. The maximum absolute atomic E-state index is 13.8. The van der Waals surface area contributed by atoms with E-state index in [2.05, 4.69) is 32.1 Å². The zero-order valence-corrected chi connectivity index (χ0v) is 18.4. The van der Waals surface area contributed by atoms with Crippen LogP contribution in [0.25, 0.3) is 10.9 Å². The van der Waals surface area contributed by atoms with Crippen LogP contribution in [0, 0.1) is 5.82 Å². The third-order valence-corrected chi connectivity index (χ3v) is 6.93. The number of aromatic carboxylic acids is 1. The topological polar surface area (TPSA) is 81.7 Å². The molecule has 0 unspecified atom stereocenters. The summed E-state index contributed by atoms with van der Waals surface area (Å²) in [7, 11) is 0. The van der Waals surface area contributed by atoms with Gasteiger partial charge < -0.3 is 19.6 Å². The molecule has 0 radical (unpaired) electrons. The molecule has 7 nitrogen and oxygen atoms in total. The molecular formula is C26H23FN4O3. The van der Waals surface area contributed by atoms with Crippen molar-refractivity contribution in [3.05, 3.63) is 78.2 Å². The predicted molar refractivity (Wildman–Crippen MR) is 128 cm³/mol. The number of nitrogens with one attached hydrogen (secondary N) is 1. The van der Waals surface area contributed by atoms with Gasteiger partial charge in [-0.1, -0.05) is 0 Å². The van der Waals surface area contributed by atoms with Gasteiger partial charge in [0.15, 0.2) is 0 Å². The minimum absolute atomic E-state index is 0.249. The van der Waals surface area contributed by atoms with Crippen LogP contribution in [0.1, 0.15) is 23.2 Å². The molecule has 34 heavy (non-hydrogen) atoms. The van der Waals surface area contributed by atoms with Crippen molar-refractivity contribution in [2.24, 2.45) is 0 Å². The molecule has 8 heteroatoms. The van der Waals surface area contributed by atoms with Gasteiger partial charge >= 0.3 is 5.97 Å². The average Bonchev–Trinajstić information content (AvgIpc) is 3.31. The van der Waals surface area contributed by atoms with Gasteiger partial charge in [-0.3, -0.25) is 5.10 Å². The summed E-state index contributed by atoms with van der Waals surface area (Å²) >= 11 is 0. The van der Waals surface area contributed by atoms with E-state index < -0.39 is 5.97 Å². The number of aromatic amines is 1. The highest BCUT2D eigenvalue weighted by Gasteiger charge is 2.46. The van der Waals surface area contributed by atoms with E-state index in [1.807, 2.05) is 24.3 Å². The van der Waals surface area contributed by atoms with Crippen molar-refractivity contribution in [3.8, 4) is 0 Å². The van der Waals surface area contributed by atoms with Crippen molar-refractivity contribution in [2.75, 3.05) is 29.6 Å². The number of ether oxygens (including phenoxy) is 1. The minimum atomic E-state index is -0.951. The number of fused-ring (bicyclic) bond motifs is 2. The van der Waals surface area contributed by atoms with Crippen LogP contribution in [0.5, 0.6) is 0 Å². The number of carboxylic acid groups (broad SMARTS) is 1. The first kappa shape index (κ1) is 20.7. The molecule has 6 rings (SSSR count). The first-order valence-electron chi connectivity index (χ1n) is 11.3. The molecule has 3 aromatic carbocycles. The maximum Gasteiger partial charge on any atom is 0.335 e. The average molecular weight is 458 g/mol. The lowest BCUT2D eigenvalue weighted by atomic mass is 9.83. The number of carbonyl (C=O) groups is 1. The Balaban J connectivity index is 1.58. The molecule has 0 aliphatic carbocycles. The molecule has 0 saturated carbocycles. The second-order valence-corrected chi connectivity index (χ2v) is 8.88. The number of rotatable bonds is 3. The number of benzene rings is 3. The maximum atomic E-state index is 13.8. The highest BCUT2D eigenvalue weighted by Crippen LogP contribution is 2.51. The van der Waals surface area contributed by atoms with E-state index in [1.54, 1.807) is 18.3 Å². The van der Waals surface area contributed by atoms with Crippen LogP contribution in [-0.4, -0.2) is 46.6 Å². The highest BCUT2D eigenvalue weighted by molar-refractivity contribution is 5.96. The summed E-state index contributed by atoms with van der Waals surface area (Å²) in [4.78, 5) is 16.0. The predicted octanol–water partition coefficient (Wildman–Crippen LogP) is 5.24. The van der Waals surface area contributed by atoms with Gasteiger partial charge in [0.25, 0.3) is 0 Å². The number of halogens is 1. The Morgan fingerprint density at radius 3 is 2.41 bits per heavy atom. The van der Waals surface area contributed by atoms with E-state index >= 15 is 0 Å². The molecule has 2 aliphatic rings. The summed E-state index contributed by atoms with van der Waals surface area (Å²) in [6.45, 7) is 1.94. The number of H-pyrrole nitrogens is 1. The van der Waals surface area contributed by atoms with E-state index in [0.29, 0.717) is 19.8 Å². The summed E-state index contributed by atoms with van der Waals surface area (Å²) in [5.41, 5.74) is 4.68. The normalized spacial score (nSPS) is 17.2. The van der Waals surface area contributed by atoms with E-state index in [0.717, 1.165) is 46.5 Å². The van der Waals surface area contributed by atoms with Gasteiger partial charge in [-0.15, -0.1) is 0 Å². The van der Waals surface area contributed by atoms with Crippen molar-refractivity contribution in [1.29, 1.82) is 0 Å². The molecule has 1 aromatic heterocycles. The molecule has 2 aliphatic heterocycles. The van der Waals surface area contributed by atoms with Crippen molar-refractivity contribution in [1.82, 2.24) is 10.2 Å². The lowest BCUT2D eigenvalue weighted by Crippen LogP contribution is -2.59. The van der Waals surface area contributed by atoms with E-state index in [-0.39, 0.29) is 16.9 Å². The molecule has 0 atom stereocenters. The second-order valence-electron chi connectivity index (χ2n) is 8.88. The monoisotopic (exact) mass is 458 g/mol. The van der Waals surface area contributed by atoms with Gasteiger partial charge in [-0.05, 0) is 73.5 Å². The van der Waals surface area contributed by atoms with Crippen LogP contribution < -0.4 is 9.80 Å². The third-order valence-electron chi connectivity index (χ3n) is 6.93. The Morgan fingerprint density at radius 1 is 1.00 bits per heavy atom. The van der Waals surface area contributed by atoms with Crippen LogP contribution >= 0.6 is 0 Å². The van der Waals surface area contributed by atoms with Gasteiger partial charge in [-0.2, -0.15) is 5.10 Å². The van der Waals surface area contributed by atoms with Gasteiger partial charge in [0.05, 0.1) is 34.2 Å². The Labute approximate surface area is 195 Å². The number of hydrogen-bond donors (Lipinski definition) is 2. The molecule has 1 fully saturated rings. The van der Waals surface area contributed by atoms with E-state index in [1.165, 1.54) is 12.1 Å². The Hall–Kier alpha value is -3.91. The van der Waals surface area contributed by atoms with Gasteiger partial charge in [0.2, 0.25) is 0 Å². The van der Waals surface area contributed by atoms with Crippen molar-refractivity contribution in [2.45, 2.75) is 18.4 Å². The molecule has 1 saturated heterocycles. The van der Waals surface area contributed by atoms with Gasteiger partial charge in [-0.25, -0.2) is 9.18 Å². The number of carboxylic acids is 1. The molecule has 172 valence electrons. The molecular weight excluding hydrogens is 435 g/mol. The van der Waals surface area contributed by atoms with Gasteiger partial charge in [0, 0.05) is 36.5 Å². The van der Waals surface area contributed by atoms with Crippen LogP contribution in [0.2, 0.25) is 0 Å². The van der Waals surface area contributed by atoms with Crippen LogP contribution in [0.3, 0.4) is 0 Å². The number of hydrogen-bond acceptors (Lipinski definition) is 5. The zero-order valence-electron chi connectivity index (χ0n) is 18.4. The smallest absolute Gasteiger partial charge is 0.335 e. The van der Waals surface area contributed by atoms with Crippen molar-refractivity contribution in [3.63, 3.8) is 0 Å². The molecule has 2 N–H and O–H groups in total. The summed E-state index contributed by atoms with van der Waals surface area (Å²) in [5.74, 6) is -1.22. The molecule has 0 bridgehead atoms. The molecule has 4 aromatic rings. The lowest BCUT2D eigenvalue weighted by Gasteiger charge is -2.54. The minimum Gasteiger partial charge on any atom is -0.478 e. The van der Waals surface area contributed by atoms with Crippen LogP contribution in [0.15, 0.2) is 66.9 Å². The van der Waals surface area contributed by atoms with Crippen molar-refractivity contribution >= 4 is 39.6 Å². The quantitative estimate of drug-likeness (QED) is 0.437. The first-order chi connectivity index (χ1) is 16.5. The van der Waals surface area contributed by atoms with Crippen LogP contribution in [0.4, 0.5) is 27.1 Å².